The zero-order chi connectivity index (χ0) is 20.3. The maximum Gasteiger partial charge on any atom is 0.317 e. The summed E-state index contributed by atoms with van der Waals surface area (Å²) < 4.78 is 5.56. The largest absolute Gasteiger partial charge is 0.467 e. The minimum absolute atomic E-state index is 0.0628. The van der Waals surface area contributed by atoms with Gasteiger partial charge in [-0.15, -0.1) is 0 Å². The van der Waals surface area contributed by atoms with E-state index in [9.17, 15) is 9.59 Å². The summed E-state index contributed by atoms with van der Waals surface area (Å²) in [6.07, 6.45) is 2.15. The third-order valence-corrected chi connectivity index (χ3v) is 4.92. The second-order valence-corrected chi connectivity index (χ2v) is 7.01. The van der Waals surface area contributed by atoms with E-state index in [2.05, 4.69) is 36.4 Å². The molecule has 148 valence electrons. The number of hydrazone groups is 1. The second kappa shape index (κ2) is 8.29. The summed E-state index contributed by atoms with van der Waals surface area (Å²) in [5.74, 6) is 0.422. The van der Waals surface area contributed by atoms with Crippen molar-refractivity contribution in [1.82, 2.24) is 15.2 Å². The van der Waals surface area contributed by atoms with Crippen molar-refractivity contribution in [2.75, 3.05) is 20.1 Å². The van der Waals surface area contributed by atoms with Crippen LogP contribution in [-0.2, 0) is 4.79 Å². The molecule has 3 amide bonds. The number of urea groups is 1. The summed E-state index contributed by atoms with van der Waals surface area (Å²) in [4.78, 5) is 26.2. The first-order valence-electron chi connectivity index (χ1n) is 9.40. The molecule has 1 aromatic carbocycles. The zero-order valence-corrected chi connectivity index (χ0v) is 16.7. The molecule has 1 aromatic heterocycles. The van der Waals surface area contributed by atoms with Crippen molar-refractivity contribution in [3.63, 3.8) is 0 Å². The number of aryl methyl sites for hydroxylation is 2. The lowest BCUT2D eigenvalue weighted by Gasteiger charge is -2.23. The predicted octanol–water partition coefficient (Wildman–Crippen LogP) is 3.24. The van der Waals surface area contributed by atoms with Crippen LogP contribution in [0.1, 0.15) is 41.8 Å². The fourth-order valence-corrected chi connectivity index (χ4v) is 3.17. The van der Waals surface area contributed by atoms with Gasteiger partial charge in [-0.1, -0.05) is 12.1 Å². The van der Waals surface area contributed by atoms with E-state index in [1.54, 1.807) is 19.4 Å². The van der Waals surface area contributed by atoms with Gasteiger partial charge in [0.15, 0.2) is 0 Å². The van der Waals surface area contributed by atoms with Gasteiger partial charge in [0.25, 0.3) is 5.91 Å². The van der Waals surface area contributed by atoms with Crippen LogP contribution in [0.3, 0.4) is 0 Å². The van der Waals surface area contributed by atoms with Gasteiger partial charge in [-0.3, -0.25) is 4.79 Å². The molecule has 0 unspecified atom stereocenters. The molecule has 0 spiro atoms. The summed E-state index contributed by atoms with van der Waals surface area (Å²) in [6.45, 7) is 6.40. The first kappa shape index (κ1) is 19.7. The highest BCUT2D eigenvalue weighted by molar-refractivity contribution is 6.03. The average Bonchev–Trinajstić information content (AvgIpc) is 3.33. The number of carbonyl (C=O) groups excluding carboxylic acids is 2. The number of amides is 3. The maximum atomic E-state index is 12.9. The lowest BCUT2D eigenvalue weighted by Crippen LogP contribution is -2.43. The number of hydrogen-bond acceptors (Lipinski definition) is 4. The topological polar surface area (TPSA) is 78.2 Å². The highest BCUT2D eigenvalue weighted by Gasteiger charge is 2.35. The Balaban J connectivity index is 1.85. The van der Waals surface area contributed by atoms with Crippen molar-refractivity contribution in [3.05, 3.63) is 59.0 Å². The van der Waals surface area contributed by atoms with E-state index in [0.29, 0.717) is 18.7 Å². The van der Waals surface area contributed by atoms with Gasteiger partial charge in [-0.05, 0) is 55.7 Å². The van der Waals surface area contributed by atoms with Gasteiger partial charge in [-0.2, -0.15) is 5.10 Å². The van der Waals surface area contributed by atoms with Gasteiger partial charge in [0.1, 0.15) is 18.3 Å². The molecule has 28 heavy (non-hydrogen) atoms. The van der Waals surface area contributed by atoms with Crippen molar-refractivity contribution in [1.29, 1.82) is 0 Å². The van der Waals surface area contributed by atoms with E-state index < -0.39 is 0 Å². The number of hydrogen-bond donors (Lipinski definition) is 1. The van der Waals surface area contributed by atoms with E-state index in [4.69, 9.17) is 4.42 Å². The Hall–Kier alpha value is -3.09. The summed E-state index contributed by atoms with van der Waals surface area (Å²) in [6, 6.07) is 9.20. The van der Waals surface area contributed by atoms with Gasteiger partial charge >= 0.3 is 6.03 Å². The minimum atomic E-state index is -0.318. The monoisotopic (exact) mass is 382 g/mol. The third kappa shape index (κ3) is 4.08. The number of carbonyl (C=O) groups is 2. The van der Waals surface area contributed by atoms with Crippen LogP contribution in [0.25, 0.3) is 0 Å². The van der Waals surface area contributed by atoms with Crippen LogP contribution in [0.4, 0.5) is 4.79 Å². The molecule has 1 N–H and O–H groups in total. The van der Waals surface area contributed by atoms with E-state index in [-0.39, 0.29) is 24.5 Å². The number of likely N-dealkylation sites (N-methyl/N-ethyl adjacent to an activating group) is 1. The van der Waals surface area contributed by atoms with Crippen molar-refractivity contribution in [3.8, 4) is 0 Å². The lowest BCUT2D eigenvalue weighted by atomic mass is 9.99. The van der Waals surface area contributed by atoms with E-state index in [1.807, 2.05) is 19.1 Å². The van der Waals surface area contributed by atoms with Gasteiger partial charge in [0, 0.05) is 20.0 Å². The van der Waals surface area contributed by atoms with Crippen molar-refractivity contribution < 1.29 is 14.0 Å². The standard InChI is InChI=1S/C21H26N4O3/c1-5-22-21(27)24(4)13-20(26)25-18(19-7-6-10-28-19)12-17(23-25)16-9-8-14(2)15(3)11-16/h6-11,18H,5,12-13H2,1-4H3,(H,22,27)/t18-/m1/s1. The van der Waals surface area contributed by atoms with E-state index in [1.165, 1.54) is 21.0 Å². The van der Waals surface area contributed by atoms with Gasteiger partial charge in [-0.25, -0.2) is 9.80 Å². The molecule has 7 nitrogen and oxygen atoms in total. The highest BCUT2D eigenvalue weighted by Crippen LogP contribution is 2.33. The smallest absolute Gasteiger partial charge is 0.317 e. The highest BCUT2D eigenvalue weighted by atomic mass is 16.3. The molecule has 2 aromatic rings. The molecular weight excluding hydrogens is 356 g/mol. The number of nitrogens with zero attached hydrogens (tertiary/aromatic N) is 3. The van der Waals surface area contributed by atoms with Crippen molar-refractivity contribution >= 4 is 17.6 Å². The quantitative estimate of drug-likeness (QED) is 0.862. The molecular formula is C21H26N4O3. The Bertz CT molecular complexity index is 889. The molecule has 0 saturated heterocycles. The molecule has 0 radical (unpaired) electrons. The first-order valence-corrected chi connectivity index (χ1v) is 9.40. The third-order valence-electron chi connectivity index (χ3n) is 4.92. The van der Waals surface area contributed by atoms with Crippen LogP contribution in [0, 0.1) is 13.8 Å². The average molecular weight is 382 g/mol. The molecule has 2 heterocycles. The number of nitrogens with one attached hydrogen (secondary N) is 1. The van der Waals surface area contributed by atoms with Crippen LogP contribution >= 0.6 is 0 Å². The van der Waals surface area contributed by atoms with Crippen LogP contribution in [0.2, 0.25) is 0 Å². The molecule has 0 fully saturated rings. The summed E-state index contributed by atoms with van der Waals surface area (Å²) in [5, 5.41) is 8.74. The fraction of sp³-hybridized carbons (Fsp3) is 0.381. The summed E-state index contributed by atoms with van der Waals surface area (Å²) >= 11 is 0. The zero-order valence-electron chi connectivity index (χ0n) is 16.7. The molecule has 7 heteroatoms. The fourth-order valence-electron chi connectivity index (χ4n) is 3.17. The lowest BCUT2D eigenvalue weighted by molar-refractivity contribution is -0.133. The van der Waals surface area contributed by atoms with Gasteiger partial charge in [0.05, 0.1) is 12.0 Å². The Kier molecular flexibility index (Phi) is 5.82. The Morgan fingerprint density at radius 2 is 2.07 bits per heavy atom. The first-order chi connectivity index (χ1) is 13.4. The Labute approximate surface area is 165 Å². The van der Waals surface area contributed by atoms with E-state index in [0.717, 1.165) is 11.3 Å². The number of benzene rings is 1. The Morgan fingerprint density at radius 1 is 1.29 bits per heavy atom. The van der Waals surface area contributed by atoms with Crippen LogP contribution in [-0.4, -0.2) is 47.7 Å². The molecule has 1 aliphatic rings. The maximum absolute atomic E-state index is 12.9. The van der Waals surface area contributed by atoms with E-state index >= 15 is 0 Å². The molecule has 0 bridgehead atoms. The molecule has 0 aliphatic carbocycles. The van der Waals surface area contributed by atoms with Gasteiger partial charge < -0.3 is 14.6 Å². The minimum Gasteiger partial charge on any atom is -0.467 e. The van der Waals surface area contributed by atoms with Gasteiger partial charge in [0.2, 0.25) is 0 Å². The van der Waals surface area contributed by atoms with Crippen molar-refractivity contribution in [2.24, 2.45) is 5.10 Å². The molecule has 1 aliphatic heterocycles. The normalized spacial score (nSPS) is 16.1. The second-order valence-electron chi connectivity index (χ2n) is 7.01. The number of furan rings is 1. The van der Waals surface area contributed by atoms with Crippen LogP contribution < -0.4 is 5.32 Å². The molecule has 1 atom stereocenters. The number of rotatable bonds is 5. The SMILES string of the molecule is CCNC(=O)N(C)CC(=O)N1N=C(c2ccc(C)c(C)c2)C[C@@H]1c1ccco1. The summed E-state index contributed by atoms with van der Waals surface area (Å²) in [5.41, 5.74) is 4.21. The Morgan fingerprint density at radius 3 is 2.71 bits per heavy atom. The predicted molar refractivity (Wildman–Crippen MR) is 107 cm³/mol. The van der Waals surface area contributed by atoms with Crippen molar-refractivity contribution in [2.45, 2.75) is 33.2 Å². The molecule has 0 saturated carbocycles. The summed E-state index contributed by atoms with van der Waals surface area (Å²) in [7, 11) is 1.59. The van der Waals surface area contributed by atoms with Crippen LogP contribution in [0.5, 0.6) is 0 Å². The van der Waals surface area contributed by atoms with Crippen LogP contribution in [0.15, 0.2) is 46.1 Å². The molecule has 3 rings (SSSR count).